The minimum Gasteiger partial charge on any atom is -0.356 e. The maximum absolute atomic E-state index is 4.34. The molecule has 1 atom stereocenters. The Labute approximate surface area is 186 Å². The Bertz CT molecular complexity index is 697. The van der Waals surface area contributed by atoms with Gasteiger partial charge in [-0.25, -0.2) is 0 Å². The van der Waals surface area contributed by atoms with Crippen molar-refractivity contribution in [2.45, 2.75) is 52.5 Å². The second-order valence-corrected chi connectivity index (χ2v) is 6.86. The van der Waals surface area contributed by atoms with E-state index in [1.54, 1.807) is 0 Å². The Morgan fingerprint density at radius 2 is 2.00 bits per heavy atom. The van der Waals surface area contributed by atoms with E-state index in [-0.39, 0.29) is 24.0 Å². The highest BCUT2D eigenvalue weighted by atomic mass is 127. The maximum Gasteiger partial charge on any atom is 0.191 e. The van der Waals surface area contributed by atoms with Crippen molar-refractivity contribution in [1.29, 1.82) is 0 Å². The van der Waals surface area contributed by atoms with Gasteiger partial charge in [0.25, 0.3) is 0 Å². The smallest absolute Gasteiger partial charge is 0.191 e. The summed E-state index contributed by atoms with van der Waals surface area (Å²) in [5.74, 6) is 1.87. The van der Waals surface area contributed by atoms with Gasteiger partial charge in [0.2, 0.25) is 0 Å². The summed E-state index contributed by atoms with van der Waals surface area (Å²) in [6, 6.07) is 6.37. The summed E-state index contributed by atoms with van der Waals surface area (Å²) in [6.45, 7) is 10.9. The molecule has 0 aliphatic rings. The molecule has 0 bridgehead atoms. The van der Waals surface area contributed by atoms with Crippen LogP contribution in [0.1, 0.15) is 45.9 Å². The van der Waals surface area contributed by atoms with E-state index in [1.807, 2.05) is 35.8 Å². The lowest BCUT2D eigenvalue weighted by atomic mass is 10.2. The molecule has 158 valence electrons. The topological polar surface area (TPSA) is 69.8 Å². The molecule has 2 heterocycles. The van der Waals surface area contributed by atoms with Gasteiger partial charge in [0, 0.05) is 32.3 Å². The third-order valence-corrected chi connectivity index (χ3v) is 4.87. The fourth-order valence-corrected chi connectivity index (χ4v) is 3.18. The highest BCUT2D eigenvalue weighted by molar-refractivity contribution is 14.0. The van der Waals surface area contributed by atoms with Crippen molar-refractivity contribution in [1.82, 2.24) is 30.1 Å². The number of fused-ring (bicyclic) bond motifs is 1. The molecule has 0 amide bonds. The Balaban J connectivity index is 0.00000392. The Kier molecular flexibility index (Phi) is 12.1. The highest BCUT2D eigenvalue weighted by Gasteiger charge is 2.07. The molecule has 0 aliphatic heterocycles. The molecule has 0 fully saturated rings. The summed E-state index contributed by atoms with van der Waals surface area (Å²) in [4.78, 5) is 6.81. The largest absolute Gasteiger partial charge is 0.356 e. The number of guanidine groups is 1. The first kappa shape index (κ1) is 24.6. The van der Waals surface area contributed by atoms with Crippen LogP contribution in [0.3, 0.4) is 0 Å². The van der Waals surface area contributed by atoms with Crippen LogP contribution in [0.4, 0.5) is 0 Å². The third kappa shape index (κ3) is 7.90. The standard InChI is InChI=1S/C20H35N7.HI/c1-5-26(6-2)15-10-11-17(3)23-20(21-4)22-14-9-13-19-25-24-18-12-7-8-16-27(18)19;/h7-8,12,16-17H,5-6,9-11,13-15H2,1-4H3,(H2,21,22,23);1H. The van der Waals surface area contributed by atoms with Crippen LogP contribution in [0.15, 0.2) is 29.4 Å². The lowest BCUT2D eigenvalue weighted by molar-refractivity contribution is 0.292. The predicted octanol–water partition coefficient (Wildman–Crippen LogP) is 2.96. The maximum atomic E-state index is 4.34. The van der Waals surface area contributed by atoms with Gasteiger partial charge in [-0.05, 0) is 58.0 Å². The SMILES string of the molecule is CCN(CC)CCCC(C)NC(=NC)NCCCc1nnc2ccccn12.I. The molecule has 0 radical (unpaired) electrons. The van der Waals surface area contributed by atoms with Gasteiger partial charge < -0.3 is 15.5 Å². The number of rotatable bonds is 11. The lowest BCUT2D eigenvalue weighted by Crippen LogP contribution is -2.42. The van der Waals surface area contributed by atoms with Crippen molar-refractivity contribution < 1.29 is 0 Å². The summed E-state index contributed by atoms with van der Waals surface area (Å²) < 4.78 is 2.05. The summed E-state index contributed by atoms with van der Waals surface area (Å²) in [5.41, 5.74) is 0.900. The minimum absolute atomic E-state index is 0. The van der Waals surface area contributed by atoms with Crippen LogP contribution in [0.5, 0.6) is 0 Å². The fourth-order valence-electron chi connectivity index (χ4n) is 3.18. The molecule has 7 nitrogen and oxygen atoms in total. The number of nitrogens with one attached hydrogen (secondary N) is 2. The second kappa shape index (κ2) is 13.7. The monoisotopic (exact) mass is 501 g/mol. The highest BCUT2D eigenvalue weighted by Crippen LogP contribution is 2.04. The van der Waals surface area contributed by atoms with Crippen LogP contribution in [0.25, 0.3) is 5.65 Å². The fraction of sp³-hybridized carbons (Fsp3) is 0.650. The zero-order chi connectivity index (χ0) is 19.5. The number of pyridine rings is 1. The molecule has 0 aromatic carbocycles. The Morgan fingerprint density at radius 1 is 1.21 bits per heavy atom. The molecule has 1 unspecified atom stereocenters. The number of nitrogens with zero attached hydrogens (tertiary/aromatic N) is 5. The van der Waals surface area contributed by atoms with Gasteiger partial charge >= 0.3 is 0 Å². The van der Waals surface area contributed by atoms with Crippen LogP contribution < -0.4 is 10.6 Å². The molecule has 28 heavy (non-hydrogen) atoms. The van der Waals surface area contributed by atoms with Crippen LogP contribution in [0.2, 0.25) is 0 Å². The Morgan fingerprint density at radius 3 is 2.71 bits per heavy atom. The number of hydrogen-bond acceptors (Lipinski definition) is 4. The summed E-state index contributed by atoms with van der Waals surface area (Å²) >= 11 is 0. The lowest BCUT2D eigenvalue weighted by Gasteiger charge is -2.21. The van der Waals surface area contributed by atoms with Crippen molar-refractivity contribution in [3.8, 4) is 0 Å². The third-order valence-electron chi connectivity index (χ3n) is 4.87. The number of halogens is 1. The molecule has 2 aromatic heterocycles. The molecule has 2 rings (SSSR count). The summed E-state index contributed by atoms with van der Waals surface area (Å²) in [6.07, 6.45) is 6.22. The van der Waals surface area contributed by atoms with Crippen LogP contribution >= 0.6 is 24.0 Å². The Hall–Kier alpha value is -1.42. The van der Waals surface area contributed by atoms with Crippen molar-refractivity contribution in [2.24, 2.45) is 4.99 Å². The first-order valence-corrected chi connectivity index (χ1v) is 10.2. The first-order valence-electron chi connectivity index (χ1n) is 10.2. The van der Waals surface area contributed by atoms with Crippen LogP contribution in [-0.4, -0.2) is 64.7 Å². The number of hydrogen-bond donors (Lipinski definition) is 2. The van der Waals surface area contributed by atoms with E-state index in [2.05, 4.69) is 51.5 Å². The van der Waals surface area contributed by atoms with Crippen LogP contribution in [0, 0.1) is 0 Å². The zero-order valence-corrected chi connectivity index (χ0v) is 20.0. The van der Waals surface area contributed by atoms with E-state index in [0.29, 0.717) is 6.04 Å². The molecule has 8 heteroatoms. The van der Waals surface area contributed by atoms with E-state index in [0.717, 1.165) is 62.9 Å². The molecule has 0 aliphatic carbocycles. The average molecular weight is 501 g/mol. The normalized spacial score (nSPS) is 12.8. The quantitative estimate of drug-likeness (QED) is 0.215. The molecule has 0 saturated carbocycles. The van der Waals surface area contributed by atoms with E-state index >= 15 is 0 Å². The molecular weight excluding hydrogens is 465 g/mol. The average Bonchev–Trinajstić information content (AvgIpc) is 3.10. The molecule has 0 spiro atoms. The van der Waals surface area contributed by atoms with E-state index < -0.39 is 0 Å². The molecular formula is C20H36IN7. The predicted molar refractivity (Wildman–Crippen MR) is 128 cm³/mol. The zero-order valence-electron chi connectivity index (χ0n) is 17.7. The first-order chi connectivity index (χ1) is 13.2. The van der Waals surface area contributed by atoms with Gasteiger partial charge in [-0.3, -0.25) is 9.39 Å². The van der Waals surface area contributed by atoms with Crippen molar-refractivity contribution in [2.75, 3.05) is 33.2 Å². The van der Waals surface area contributed by atoms with Crippen molar-refractivity contribution in [3.63, 3.8) is 0 Å². The number of aromatic nitrogens is 3. The molecule has 2 N–H and O–H groups in total. The van der Waals surface area contributed by atoms with Gasteiger partial charge in [0.15, 0.2) is 11.6 Å². The van der Waals surface area contributed by atoms with Gasteiger partial charge in [-0.15, -0.1) is 34.2 Å². The minimum atomic E-state index is 0. The van der Waals surface area contributed by atoms with E-state index in [9.17, 15) is 0 Å². The van der Waals surface area contributed by atoms with Gasteiger partial charge in [0.05, 0.1) is 0 Å². The van der Waals surface area contributed by atoms with E-state index in [1.165, 1.54) is 6.42 Å². The summed E-state index contributed by atoms with van der Waals surface area (Å²) in [5, 5.41) is 15.4. The molecule has 0 saturated heterocycles. The van der Waals surface area contributed by atoms with Crippen LogP contribution in [-0.2, 0) is 6.42 Å². The van der Waals surface area contributed by atoms with Crippen molar-refractivity contribution in [3.05, 3.63) is 30.2 Å². The van der Waals surface area contributed by atoms with Gasteiger partial charge in [-0.1, -0.05) is 19.9 Å². The number of aryl methyl sites for hydroxylation is 1. The van der Waals surface area contributed by atoms with Gasteiger partial charge in [0.1, 0.15) is 5.82 Å². The molecule has 2 aromatic rings. The second-order valence-electron chi connectivity index (χ2n) is 6.86. The van der Waals surface area contributed by atoms with Crippen molar-refractivity contribution >= 4 is 35.6 Å². The van der Waals surface area contributed by atoms with Gasteiger partial charge in [-0.2, -0.15) is 0 Å². The number of aliphatic imine (C=N–C) groups is 1. The van der Waals surface area contributed by atoms with E-state index in [4.69, 9.17) is 0 Å². The summed E-state index contributed by atoms with van der Waals surface area (Å²) in [7, 11) is 1.82.